The molecule has 1 heterocycles. The van der Waals surface area contributed by atoms with E-state index in [1.165, 1.54) is 6.07 Å². The fraction of sp³-hybridized carbons (Fsp3) is 0.154. The van der Waals surface area contributed by atoms with Crippen molar-refractivity contribution in [1.82, 2.24) is 0 Å². The first-order chi connectivity index (χ1) is 9.09. The van der Waals surface area contributed by atoms with Crippen LogP contribution in [0.2, 0.25) is 0 Å². The van der Waals surface area contributed by atoms with Crippen LogP contribution in [0.25, 0.3) is 0 Å². The molecule has 0 bridgehead atoms. The Morgan fingerprint density at radius 3 is 2.84 bits per heavy atom. The molecule has 100 valence electrons. The summed E-state index contributed by atoms with van der Waals surface area (Å²) in [5.74, 6) is -1.98. The summed E-state index contributed by atoms with van der Waals surface area (Å²) in [6.07, 6.45) is 0.661. The summed E-state index contributed by atoms with van der Waals surface area (Å²) >= 11 is 1.59. The minimum Gasteiger partial charge on any atom is -0.492 e. The van der Waals surface area contributed by atoms with Crippen LogP contribution in [-0.4, -0.2) is 17.7 Å². The third-order valence-corrected chi connectivity index (χ3v) is 3.49. The van der Waals surface area contributed by atoms with Crippen molar-refractivity contribution >= 4 is 23.0 Å². The average molecular weight is 281 g/mol. The van der Waals surface area contributed by atoms with Gasteiger partial charge in [-0.3, -0.25) is 0 Å². The minimum absolute atomic E-state index is 0.0861. The van der Waals surface area contributed by atoms with E-state index in [0.717, 1.165) is 10.9 Å². The zero-order chi connectivity index (χ0) is 13.8. The number of ether oxygens (including phenoxy) is 1. The van der Waals surface area contributed by atoms with Gasteiger partial charge in [0.25, 0.3) is 0 Å². The van der Waals surface area contributed by atoms with Gasteiger partial charge in [-0.1, -0.05) is 6.07 Å². The Labute approximate surface area is 113 Å². The van der Waals surface area contributed by atoms with E-state index >= 15 is 0 Å². The largest absolute Gasteiger partial charge is 0.492 e. The lowest BCUT2D eigenvalue weighted by Crippen LogP contribution is -2.10. The second-order valence-corrected chi connectivity index (χ2v) is 4.85. The molecule has 2 rings (SSSR count). The highest BCUT2D eigenvalue weighted by atomic mass is 32.1. The van der Waals surface area contributed by atoms with Crippen LogP contribution >= 0.6 is 11.3 Å². The average Bonchev–Trinajstić information content (AvgIpc) is 2.86. The summed E-state index contributed by atoms with van der Waals surface area (Å²) < 4.78 is 18.6. The van der Waals surface area contributed by atoms with E-state index in [9.17, 15) is 9.18 Å². The number of aromatic carboxylic acids is 1. The molecule has 19 heavy (non-hydrogen) atoms. The predicted octanol–water partition coefficient (Wildman–Crippen LogP) is 2.79. The molecule has 0 saturated carbocycles. The first-order valence-electron chi connectivity index (χ1n) is 5.56. The van der Waals surface area contributed by atoms with Crippen molar-refractivity contribution in [3.05, 3.63) is 45.9 Å². The Balaban J connectivity index is 2.11. The van der Waals surface area contributed by atoms with E-state index in [-0.39, 0.29) is 11.3 Å². The third-order valence-electron chi connectivity index (χ3n) is 2.55. The SMILES string of the molecule is Nc1c(F)ccc(OCCc2cccs2)c1C(=O)O. The molecular weight excluding hydrogens is 269 g/mol. The van der Waals surface area contributed by atoms with Gasteiger partial charge in [-0.25, -0.2) is 9.18 Å². The van der Waals surface area contributed by atoms with Gasteiger partial charge in [0.2, 0.25) is 0 Å². The van der Waals surface area contributed by atoms with E-state index in [0.29, 0.717) is 13.0 Å². The molecule has 6 heteroatoms. The summed E-state index contributed by atoms with van der Waals surface area (Å²) in [7, 11) is 0. The Morgan fingerprint density at radius 2 is 2.21 bits per heavy atom. The molecule has 0 amide bonds. The van der Waals surface area contributed by atoms with Crippen LogP contribution in [0.3, 0.4) is 0 Å². The van der Waals surface area contributed by atoms with E-state index in [1.54, 1.807) is 11.3 Å². The van der Waals surface area contributed by atoms with Crippen LogP contribution in [0.4, 0.5) is 10.1 Å². The Bertz CT molecular complexity index is 584. The van der Waals surface area contributed by atoms with Gasteiger partial charge in [0, 0.05) is 11.3 Å². The molecule has 0 fully saturated rings. The number of carboxylic acid groups (broad SMARTS) is 1. The maximum absolute atomic E-state index is 13.2. The maximum atomic E-state index is 13.2. The van der Waals surface area contributed by atoms with Crippen LogP contribution in [0.5, 0.6) is 5.75 Å². The molecule has 0 radical (unpaired) electrons. The number of rotatable bonds is 5. The Morgan fingerprint density at radius 1 is 1.42 bits per heavy atom. The maximum Gasteiger partial charge on any atom is 0.341 e. The number of carbonyl (C=O) groups is 1. The number of carboxylic acids is 1. The highest BCUT2D eigenvalue weighted by molar-refractivity contribution is 7.09. The molecular formula is C13H12FNO3S. The van der Waals surface area contributed by atoms with E-state index in [1.807, 2.05) is 17.5 Å². The number of nitrogen functional groups attached to an aromatic ring is 1. The fourth-order valence-electron chi connectivity index (χ4n) is 1.63. The molecule has 0 unspecified atom stereocenters. The normalized spacial score (nSPS) is 10.4. The number of benzene rings is 1. The molecule has 2 aromatic rings. The summed E-state index contributed by atoms with van der Waals surface area (Å²) in [6, 6.07) is 6.27. The monoisotopic (exact) mass is 281 g/mol. The van der Waals surface area contributed by atoms with Crippen molar-refractivity contribution in [3.63, 3.8) is 0 Å². The van der Waals surface area contributed by atoms with Crippen molar-refractivity contribution in [2.75, 3.05) is 12.3 Å². The number of anilines is 1. The first kappa shape index (κ1) is 13.4. The van der Waals surface area contributed by atoms with Gasteiger partial charge in [-0.05, 0) is 23.6 Å². The standard InChI is InChI=1S/C13H12FNO3S/c14-9-3-4-10(11(12(9)15)13(16)17)18-6-5-8-2-1-7-19-8/h1-4,7H,5-6,15H2,(H,16,17). The van der Waals surface area contributed by atoms with Gasteiger partial charge in [-0.15, -0.1) is 11.3 Å². The molecule has 3 N–H and O–H groups in total. The molecule has 0 aliphatic rings. The highest BCUT2D eigenvalue weighted by Gasteiger charge is 2.18. The van der Waals surface area contributed by atoms with Crippen molar-refractivity contribution in [2.45, 2.75) is 6.42 Å². The molecule has 0 aliphatic carbocycles. The molecule has 0 spiro atoms. The van der Waals surface area contributed by atoms with Gasteiger partial charge >= 0.3 is 5.97 Å². The van der Waals surface area contributed by atoms with E-state index in [2.05, 4.69) is 0 Å². The van der Waals surface area contributed by atoms with Gasteiger partial charge in [0.05, 0.1) is 12.3 Å². The fourth-order valence-corrected chi connectivity index (χ4v) is 2.32. The van der Waals surface area contributed by atoms with Gasteiger partial charge in [-0.2, -0.15) is 0 Å². The zero-order valence-corrected chi connectivity index (χ0v) is 10.7. The van der Waals surface area contributed by atoms with E-state index < -0.39 is 17.5 Å². The molecule has 1 aromatic heterocycles. The van der Waals surface area contributed by atoms with Crippen molar-refractivity contribution in [2.24, 2.45) is 0 Å². The summed E-state index contributed by atoms with van der Waals surface area (Å²) in [5, 5.41) is 11.0. The third kappa shape index (κ3) is 3.03. The lowest BCUT2D eigenvalue weighted by molar-refractivity contribution is 0.0693. The summed E-state index contributed by atoms with van der Waals surface area (Å²) in [4.78, 5) is 12.2. The van der Waals surface area contributed by atoms with Crippen LogP contribution in [0.1, 0.15) is 15.2 Å². The Hall–Kier alpha value is -2.08. The highest BCUT2D eigenvalue weighted by Crippen LogP contribution is 2.27. The van der Waals surface area contributed by atoms with Crippen molar-refractivity contribution in [1.29, 1.82) is 0 Å². The number of halogens is 1. The Kier molecular flexibility index (Phi) is 4.01. The second kappa shape index (κ2) is 5.71. The van der Waals surface area contributed by atoms with Crippen LogP contribution in [0, 0.1) is 5.82 Å². The quantitative estimate of drug-likeness (QED) is 0.827. The van der Waals surface area contributed by atoms with Crippen LogP contribution in [-0.2, 0) is 6.42 Å². The van der Waals surface area contributed by atoms with Gasteiger partial charge in [0.15, 0.2) is 0 Å². The van der Waals surface area contributed by atoms with Crippen LogP contribution < -0.4 is 10.5 Å². The molecule has 0 saturated heterocycles. The van der Waals surface area contributed by atoms with Crippen molar-refractivity contribution < 1.29 is 19.0 Å². The smallest absolute Gasteiger partial charge is 0.341 e. The molecule has 4 nitrogen and oxygen atoms in total. The lowest BCUT2D eigenvalue weighted by Gasteiger charge is -2.11. The molecule has 0 atom stereocenters. The number of hydrogen-bond acceptors (Lipinski definition) is 4. The number of hydrogen-bond donors (Lipinski definition) is 2. The molecule has 1 aromatic carbocycles. The minimum atomic E-state index is -1.30. The first-order valence-corrected chi connectivity index (χ1v) is 6.44. The lowest BCUT2D eigenvalue weighted by atomic mass is 10.1. The van der Waals surface area contributed by atoms with Gasteiger partial charge < -0.3 is 15.6 Å². The topological polar surface area (TPSA) is 72.5 Å². The summed E-state index contributed by atoms with van der Waals surface area (Å²) in [5.41, 5.74) is 4.69. The number of thiophene rings is 1. The second-order valence-electron chi connectivity index (χ2n) is 3.82. The van der Waals surface area contributed by atoms with Crippen molar-refractivity contribution in [3.8, 4) is 5.75 Å². The van der Waals surface area contributed by atoms with Gasteiger partial charge in [0.1, 0.15) is 17.1 Å². The number of nitrogens with two attached hydrogens (primary N) is 1. The summed E-state index contributed by atoms with van der Waals surface area (Å²) in [6.45, 7) is 0.311. The zero-order valence-electron chi connectivity index (χ0n) is 9.93. The molecule has 0 aliphatic heterocycles. The van der Waals surface area contributed by atoms with Crippen LogP contribution in [0.15, 0.2) is 29.6 Å². The van der Waals surface area contributed by atoms with E-state index in [4.69, 9.17) is 15.6 Å². The predicted molar refractivity (Wildman–Crippen MR) is 71.3 cm³/mol.